The van der Waals surface area contributed by atoms with Gasteiger partial charge in [0.05, 0.1) is 37.6 Å². The van der Waals surface area contributed by atoms with Crippen LogP contribution in [0.4, 0.5) is 0 Å². The van der Waals surface area contributed by atoms with Crippen molar-refractivity contribution in [1.82, 2.24) is 0 Å². The van der Waals surface area contributed by atoms with E-state index in [-0.39, 0.29) is 19.8 Å². The molecule has 0 bridgehead atoms. The van der Waals surface area contributed by atoms with Crippen molar-refractivity contribution >= 4 is 34.5 Å². The number of rotatable bonds is 13. The highest BCUT2D eigenvalue weighted by atomic mass is 127. The Hall–Kier alpha value is -1.23. The maximum Gasteiger partial charge on any atom is 0.338 e. The van der Waals surface area contributed by atoms with Crippen LogP contribution >= 0.6 is 22.6 Å². The molecule has 1 aromatic carbocycles. The molecular weight excluding hydrogens is 455 g/mol. The molecule has 0 unspecified atom stereocenters. The Balaban J connectivity index is 2.46. The average molecular weight is 480 g/mol. The number of hydrogen-bond donors (Lipinski definition) is 0. The zero-order valence-electron chi connectivity index (χ0n) is 15.1. The fourth-order valence-electron chi connectivity index (χ4n) is 1.89. The van der Waals surface area contributed by atoms with Crippen molar-refractivity contribution in [2.24, 2.45) is 0 Å². The molecule has 146 valence electrons. The van der Waals surface area contributed by atoms with Crippen LogP contribution in [-0.2, 0) is 23.7 Å². The van der Waals surface area contributed by atoms with E-state index in [1.54, 1.807) is 12.1 Å². The molecule has 0 heterocycles. The summed E-state index contributed by atoms with van der Waals surface area (Å²) in [4.78, 5) is 24.2. The molecule has 1 rings (SSSR count). The Morgan fingerprint density at radius 2 is 1.15 bits per heavy atom. The van der Waals surface area contributed by atoms with E-state index in [4.69, 9.17) is 23.7 Å². The van der Waals surface area contributed by atoms with Crippen LogP contribution in [0.2, 0.25) is 0 Å². The van der Waals surface area contributed by atoms with E-state index in [9.17, 15) is 9.59 Å². The van der Waals surface area contributed by atoms with Crippen molar-refractivity contribution in [2.45, 2.75) is 13.8 Å². The van der Waals surface area contributed by atoms with Crippen LogP contribution in [0.3, 0.4) is 0 Å². The molecule has 0 amide bonds. The first kappa shape index (κ1) is 22.8. The second-order valence-corrected chi connectivity index (χ2v) is 6.25. The molecule has 0 fully saturated rings. The minimum Gasteiger partial charge on any atom is -0.460 e. The van der Waals surface area contributed by atoms with Crippen LogP contribution in [-0.4, -0.2) is 64.8 Å². The van der Waals surface area contributed by atoms with Gasteiger partial charge in [-0.3, -0.25) is 0 Å². The number of esters is 2. The van der Waals surface area contributed by atoms with E-state index in [0.29, 0.717) is 44.2 Å². The summed E-state index contributed by atoms with van der Waals surface area (Å²) in [5.41, 5.74) is 0.594. The van der Waals surface area contributed by atoms with E-state index in [2.05, 4.69) is 0 Å². The monoisotopic (exact) mass is 480 g/mol. The van der Waals surface area contributed by atoms with Crippen LogP contribution in [0.5, 0.6) is 0 Å². The molecule has 0 aliphatic heterocycles. The van der Waals surface area contributed by atoms with Gasteiger partial charge >= 0.3 is 11.9 Å². The predicted molar refractivity (Wildman–Crippen MR) is 104 cm³/mol. The first-order chi connectivity index (χ1) is 12.6. The van der Waals surface area contributed by atoms with Gasteiger partial charge < -0.3 is 23.7 Å². The molecule has 7 nitrogen and oxygen atoms in total. The van der Waals surface area contributed by atoms with E-state index in [1.165, 1.54) is 6.07 Å². The maximum absolute atomic E-state index is 12.1. The zero-order valence-corrected chi connectivity index (χ0v) is 17.3. The second kappa shape index (κ2) is 13.9. The zero-order chi connectivity index (χ0) is 19.2. The molecule has 8 heteroatoms. The van der Waals surface area contributed by atoms with Gasteiger partial charge in [-0.1, -0.05) is 0 Å². The third kappa shape index (κ3) is 9.46. The first-order valence-electron chi connectivity index (χ1n) is 8.46. The number of ether oxygens (including phenoxy) is 5. The Morgan fingerprint density at radius 1 is 0.731 bits per heavy atom. The highest BCUT2D eigenvalue weighted by Crippen LogP contribution is 2.15. The summed E-state index contributed by atoms with van der Waals surface area (Å²) < 4.78 is 26.5. The Bertz CT molecular complexity index is 562. The molecule has 0 radical (unpaired) electrons. The van der Waals surface area contributed by atoms with Crippen molar-refractivity contribution in [2.75, 3.05) is 52.9 Å². The summed E-state index contributed by atoms with van der Waals surface area (Å²) in [6.07, 6.45) is 0. The van der Waals surface area contributed by atoms with Crippen LogP contribution in [0.25, 0.3) is 0 Å². The lowest BCUT2D eigenvalue weighted by atomic mass is 10.1. The summed E-state index contributed by atoms with van der Waals surface area (Å²) >= 11 is 2.03. The molecule has 26 heavy (non-hydrogen) atoms. The maximum atomic E-state index is 12.1. The van der Waals surface area contributed by atoms with Crippen molar-refractivity contribution < 1.29 is 33.3 Å². The largest absolute Gasteiger partial charge is 0.460 e. The van der Waals surface area contributed by atoms with Crippen LogP contribution in [0, 0.1) is 3.57 Å². The van der Waals surface area contributed by atoms with Gasteiger partial charge in [0.15, 0.2) is 0 Å². The smallest absolute Gasteiger partial charge is 0.338 e. The molecule has 0 aromatic heterocycles. The highest BCUT2D eigenvalue weighted by Gasteiger charge is 2.14. The molecular formula is C18H25IO7. The minimum atomic E-state index is -0.514. The Morgan fingerprint density at radius 3 is 1.65 bits per heavy atom. The summed E-state index contributed by atoms with van der Waals surface area (Å²) in [5.74, 6) is -1.02. The van der Waals surface area contributed by atoms with Crippen molar-refractivity contribution in [3.05, 3.63) is 32.9 Å². The van der Waals surface area contributed by atoms with Gasteiger partial charge in [-0.2, -0.15) is 0 Å². The quantitative estimate of drug-likeness (QED) is 0.244. The third-order valence-electron chi connectivity index (χ3n) is 3.07. The summed E-state index contributed by atoms with van der Waals surface area (Å²) in [6, 6.07) is 4.76. The molecule has 0 saturated carbocycles. The molecule has 1 aromatic rings. The van der Waals surface area contributed by atoms with Crippen molar-refractivity contribution in [1.29, 1.82) is 0 Å². The molecule has 0 N–H and O–H groups in total. The van der Waals surface area contributed by atoms with Gasteiger partial charge in [0.25, 0.3) is 0 Å². The van der Waals surface area contributed by atoms with Gasteiger partial charge in [0, 0.05) is 16.8 Å². The lowest BCUT2D eigenvalue weighted by Crippen LogP contribution is -2.15. The molecule has 0 aliphatic rings. The van der Waals surface area contributed by atoms with E-state index >= 15 is 0 Å². The van der Waals surface area contributed by atoms with Crippen LogP contribution < -0.4 is 0 Å². The van der Waals surface area contributed by atoms with E-state index < -0.39 is 11.9 Å². The second-order valence-electron chi connectivity index (χ2n) is 5.01. The van der Waals surface area contributed by atoms with Gasteiger partial charge in [0.1, 0.15) is 13.2 Å². The Kier molecular flexibility index (Phi) is 12.2. The summed E-state index contributed by atoms with van der Waals surface area (Å²) in [6.45, 7) is 6.85. The normalized spacial score (nSPS) is 10.6. The van der Waals surface area contributed by atoms with Crippen molar-refractivity contribution in [3.8, 4) is 0 Å². The first-order valence-corrected chi connectivity index (χ1v) is 9.54. The number of benzene rings is 1. The lowest BCUT2D eigenvalue weighted by Gasteiger charge is -2.09. The molecule has 0 saturated heterocycles. The standard InChI is InChI=1S/C18H25IO7/c1-3-22-5-6-24-8-10-26-18(21)15-11-14(12-16(19)13-15)17(20)25-9-7-23-4-2/h11-13H,3-10H2,1-2H3. The number of carbonyl (C=O) groups excluding carboxylic acids is 2. The van der Waals surface area contributed by atoms with Gasteiger partial charge in [-0.05, 0) is 54.6 Å². The van der Waals surface area contributed by atoms with E-state index in [1.807, 2.05) is 36.4 Å². The van der Waals surface area contributed by atoms with Crippen LogP contribution in [0.15, 0.2) is 18.2 Å². The summed E-state index contributed by atoms with van der Waals surface area (Å²) in [7, 11) is 0. The van der Waals surface area contributed by atoms with Crippen LogP contribution in [0.1, 0.15) is 34.6 Å². The van der Waals surface area contributed by atoms with E-state index in [0.717, 1.165) is 3.57 Å². The highest BCUT2D eigenvalue weighted by molar-refractivity contribution is 14.1. The molecule has 0 aliphatic carbocycles. The number of hydrogen-bond acceptors (Lipinski definition) is 7. The Labute approximate surface area is 167 Å². The number of carbonyl (C=O) groups is 2. The topological polar surface area (TPSA) is 80.3 Å². The lowest BCUT2D eigenvalue weighted by molar-refractivity contribution is 0.0164. The molecule has 0 atom stereocenters. The van der Waals surface area contributed by atoms with Crippen molar-refractivity contribution in [3.63, 3.8) is 0 Å². The van der Waals surface area contributed by atoms with Gasteiger partial charge in [-0.25, -0.2) is 9.59 Å². The SMILES string of the molecule is CCOCCOCCOC(=O)c1cc(I)cc(C(=O)OCCOCC)c1. The summed E-state index contributed by atoms with van der Waals surface area (Å²) in [5, 5.41) is 0. The predicted octanol–water partition coefficient (Wildman–Crippen LogP) is 2.69. The van der Waals surface area contributed by atoms with Gasteiger partial charge in [-0.15, -0.1) is 0 Å². The van der Waals surface area contributed by atoms with Gasteiger partial charge in [0.2, 0.25) is 0 Å². The fourth-order valence-corrected chi connectivity index (χ4v) is 2.56. The third-order valence-corrected chi connectivity index (χ3v) is 3.69. The molecule has 0 spiro atoms. The average Bonchev–Trinajstić information content (AvgIpc) is 2.63. The fraction of sp³-hybridized carbons (Fsp3) is 0.556. The number of halogens is 1. The minimum absolute atomic E-state index is 0.130.